The highest BCUT2D eigenvalue weighted by molar-refractivity contribution is 7.99. The summed E-state index contributed by atoms with van der Waals surface area (Å²) in [7, 11) is 0. The van der Waals surface area contributed by atoms with Gasteiger partial charge in [-0.3, -0.25) is 4.79 Å². The predicted octanol–water partition coefficient (Wildman–Crippen LogP) is 5.24. The minimum atomic E-state index is 0.269. The van der Waals surface area contributed by atoms with Crippen LogP contribution in [0, 0.1) is 5.92 Å². The van der Waals surface area contributed by atoms with Gasteiger partial charge >= 0.3 is 0 Å². The summed E-state index contributed by atoms with van der Waals surface area (Å²) in [6.07, 6.45) is 5.01. The average Bonchev–Trinajstić information content (AvgIpc) is 3.02. The van der Waals surface area contributed by atoms with Crippen LogP contribution in [-0.2, 0) is 11.2 Å². The molecule has 1 aliphatic carbocycles. The van der Waals surface area contributed by atoms with Crippen LogP contribution in [0.2, 0.25) is 10.3 Å². The minimum Gasteiger partial charge on any atom is -0.299 e. The van der Waals surface area contributed by atoms with Gasteiger partial charge in [0.2, 0.25) is 0 Å². The van der Waals surface area contributed by atoms with Crippen LogP contribution in [0.5, 0.6) is 0 Å². The van der Waals surface area contributed by atoms with Gasteiger partial charge in [-0.2, -0.15) is 0 Å². The van der Waals surface area contributed by atoms with Crippen molar-refractivity contribution in [3.05, 3.63) is 46.2 Å². The number of benzene rings is 1. The molecule has 1 heterocycles. The van der Waals surface area contributed by atoms with E-state index < -0.39 is 0 Å². The van der Waals surface area contributed by atoms with E-state index in [2.05, 4.69) is 9.97 Å². The summed E-state index contributed by atoms with van der Waals surface area (Å²) in [6.45, 7) is 0. The van der Waals surface area contributed by atoms with Crippen molar-refractivity contribution in [1.29, 1.82) is 0 Å². The highest BCUT2D eigenvalue weighted by atomic mass is 35.5. The molecular weight excluding hydrogens is 351 g/mol. The number of Topliss-reactive ketones (excluding diaryl/α,β-unsaturated/α-hetero) is 1. The average molecular weight is 367 g/mol. The summed E-state index contributed by atoms with van der Waals surface area (Å²) in [5.41, 5.74) is 1.05. The molecule has 0 N–H and O–H groups in total. The maximum Gasteiger partial charge on any atom is 0.195 e. The Bertz CT molecular complexity index is 680. The van der Waals surface area contributed by atoms with E-state index >= 15 is 0 Å². The van der Waals surface area contributed by atoms with Gasteiger partial charge in [0.05, 0.1) is 0 Å². The molecule has 0 unspecified atom stereocenters. The largest absolute Gasteiger partial charge is 0.299 e. The molecule has 0 amide bonds. The predicted molar refractivity (Wildman–Crippen MR) is 93.3 cm³/mol. The van der Waals surface area contributed by atoms with Crippen LogP contribution in [0.1, 0.15) is 31.2 Å². The third kappa shape index (κ3) is 4.69. The number of nitrogens with zero attached hydrogens (tertiary/aromatic N) is 2. The van der Waals surface area contributed by atoms with Crippen molar-refractivity contribution in [2.45, 2.75) is 42.2 Å². The molecule has 1 fully saturated rings. The van der Waals surface area contributed by atoms with E-state index in [4.69, 9.17) is 23.2 Å². The summed E-state index contributed by atoms with van der Waals surface area (Å²) in [6, 6.07) is 9.42. The summed E-state index contributed by atoms with van der Waals surface area (Å²) in [4.78, 5) is 21.5. The maximum absolute atomic E-state index is 12.2. The number of hydrogen-bond acceptors (Lipinski definition) is 4. The number of halogens is 2. The summed E-state index contributed by atoms with van der Waals surface area (Å²) >= 11 is 13.1. The second-order valence-electron chi connectivity index (χ2n) is 5.67. The number of rotatable bonds is 5. The molecule has 0 saturated heterocycles. The molecule has 0 radical (unpaired) electrons. The molecule has 23 heavy (non-hydrogen) atoms. The van der Waals surface area contributed by atoms with Gasteiger partial charge in [0.1, 0.15) is 16.1 Å². The monoisotopic (exact) mass is 366 g/mol. The molecule has 1 aromatic carbocycles. The number of carbonyl (C=O) groups excluding carboxylic acids is 1. The lowest BCUT2D eigenvalue weighted by molar-refractivity contribution is -0.122. The fraction of sp³-hybridized carbons (Fsp3) is 0.353. The number of ketones is 1. The van der Waals surface area contributed by atoms with E-state index in [1.807, 2.05) is 24.3 Å². The van der Waals surface area contributed by atoms with Crippen molar-refractivity contribution in [3.63, 3.8) is 0 Å². The Kier molecular flexibility index (Phi) is 5.57. The Labute approximate surface area is 149 Å². The molecule has 0 spiro atoms. The van der Waals surface area contributed by atoms with Crippen LogP contribution >= 0.6 is 35.0 Å². The minimum absolute atomic E-state index is 0.269. The lowest BCUT2D eigenvalue weighted by atomic mass is 9.97. The van der Waals surface area contributed by atoms with Crippen LogP contribution in [0.25, 0.3) is 0 Å². The standard InChI is InChI=1S/C17H16Cl2N2OS/c18-15-10-16(19)21-17(20-15)23-13-7-5-11(6-8-13)9-14(22)12-3-1-2-4-12/h5-8,10,12H,1-4,9H2. The van der Waals surface area contributed by atoms with E-state index in [1.54, 1.807) is 0 Å². The second-order valence-corrected chi connectivity index (χ2v) is 7.48. The van der Waals surface area contributed by atoms with Crippen molar-refractivity contribution in [2.24, 2.45) is 5.92 Å². The van der Waals surface area contributed by atoms with Gasteiger partial charge in [0.15, 0.2) is 5.16 Å². The van der Waals surface area contributed by atoms with Crippen molar-refractivity contribution in [1.82, 2.24) is 9.97 Å². The van der Waals surface area contributed by atoms with Crippen molar-refractivity contribution >= 4 is 40.7 Å². The van der Waals surface area contributed by atoms with Crippen LogP contribution in [-0.4, -0.2) is 15.8 Å². The van der Waals surface area contributed by atoms with E-state index in [0.717, 1.165) is 23.3 Å². The molecule has 3 rings (SSSR count). The van der Waals surface area contributed by atoms with Gasteiger partial charge in [-0.25, -0.2) is 9.97 Å². The summed E-state index contributed by atoms with van der Waals surface area (Å²) < 4.78 is 0. The van der Waals surface area contributed by atoms with E-state index in [1.165, 1.54) is 30.7 Å². The van der Waals surface area contributed by atoms with E-state index in [9.17, 15) is 4.79 Å². The second kappa shape index (κ2) is 7.65. The molecule has 0 aliphatic heterocycles. The number of aromatic nitrogens is 2. The Morgan fingerprint density at radius 1 is 1.09 bits per heavy atom. The summed E-state index contributed by atoms with van der Waals surface area (Å²) in [5, 5.41) is 1.16. The normalized spacial score (nSPS) is 15.0. The van der Waals surface area contributed by atoms with Crippen LogP contribution < -0.4 is 0 Å². The van der Waals surface area contributed by atoms with Gasteiger partial charge < -0.3 is 0 Å². The molecule has 0 atom stereocenters. The Hall–Kier alpha value is -1.10. The van der Waals surface area contributed by atoms with Gasteiger partial charge in [-0.1, -0.05) is 48.2 Å². The van der Waals surface area contributed by atoms with Crippen LogP contribution in [0.15, 0.2) is 40.4 Å². The zero-order valence-corrected chi connectivity index (χ0v) is 14.8. The molecule has 1 aromatic heterocycles. The van der Waals surface area contributed by atoms with Crippen molar-refractivity contribution < 1.29 is 4.79 Å². The smallest absolute Gasteiger partial charge is 0.195 e. The fourth-order valence-corrected chi connectivity index (χ4v) is 4.08. The molecule has 0 bridgehead atoms. The third-order valence-corrected chi connectivity index (χ3v) is 5.22. The molecule has 6 heteroatoms. The Morgan fingerprint density at radius 3 is 2.30 bits per heavy atom. The number of carbonyl (C=O) groups is 1. The Balaban J connectivity index is 1.63. The van der Waals surface area contributed by atoms with Gasteiger partial charge in [-0.05, 0) is 42.3 Å². The first-order valence-electron chi connectivity index (χ1n) is 7.60. The molecule has 3 nitrogen and oxygen atoms in total. The summed E-state index contributed by atoms with van der Waals surface area (Å²) in [5.74, 6) is 0.638. The van der Waals surface area contributed by atoms with Gasteiger partial charge in [-0.15, -0.1) is 0 Å². The topological polar surface area (TPSA) is 42.9 Å². The lowest BCUT2D eigenvalue weighted by Crippen LogP contribution is -2.13. The van der Waals surface area contributed by atoms with Crippen LogP contribution in [0.3, 0.4) is 0 Å². The van der Waals surface area contributed by atoms with Crippen LogP contribution in [0.4, 0.5) is 0 Å². The van der Waals surface area contributed by atoms with E-state index in [-0.39, 0.29) is 5.92 Å². The zero-order valence-electron chi connectivity index (χ0n) is 12.5. The molecule has 2 aromatic rings. The third-order valence-electron chi connectivity index (χ3n) is 3.96. The quantitative estimate of drug-likeness (QED) is 0.536. The number of hydrogen-bond donors (Lipinski definition) is 0. The molecule has 1 aliphatic rings. The first-order chi connectivity index (χ1) is 11.1. The van der Waals surface area contributed by atoms with E-state index in [0.29, 0.717) is 27.7 Å². The lowest BCUT2D eigenvalue weighted by Gasteiger charge is -2.08. The highest BCUT2D eigenvalue weighted by Crippen LogP contribution is 2.29. The maximum atomic E-state index is 12.2. The molecule has 120 valence electrons. The molecular formula is C17H16Cl2N2OS. The van der Waals surface area contributed by atoms with Crippen molar-refractivity contribution in [3.8, 4) is 0 Å². The highest BCUT2D eigenvalue weighted by Gasteiger charge is 2.22. The first-order valence-corrected chi connectivity index (χ1v) is 9.17. The Morgan fingerprint density at radius 2 is 1.70 bits per heavy atom. The van der Waals surface area contributed by atoms with Crippen molar-refractivity contribution in [2.75, 3.05) is 0 Å². The first kappa shape index (κ1) is 16.7. The van der Waals surface area contributed by atoms with Gasteiger partial charge in [0.25, 0.3) is 0 Å². The molecule has 1 saturated carbocycles. The SMILES string of the molecule is O=C(Cc1ccc(Sc2nc(Cl)cc(Cl)n2)cc1)C1CCCC1. The fourth-order valence-electron chi connectivity index (χ4n) is 2.79. The zero-order chi connectivity index (χ0) is 16.2. The van der Waals surface area contributed by atoms with Gasteiger partial charge in [0, 0.05) is 23.3 Å².